The third kappa shape index (κ3) is 6.37. The fraction of sp³-hybridized carbons (Fsp3) is 0.217. The van der Waals surface area contributed by atoms with Crippen LogP contribution in [0.25, 0.3) is 0 Å². The van der Waals surface area contributed by atoms with Crippen LogP contribution in [0.4, 0.5) is 0 Å². The van der Waals surface area contributed by atoms with Crippen LogP contribution < -0.4 is 14.8 Å². The Morgan fingerprint density at radius 3 is 2.62 bits per heavy atom. The highest BCUT2D eigenvalue weighted by molar-refractivity contribution is 7.13. The van der Waals surface area contributed by atoms with Crippen molar-refractivity contribution in [3.63, 3.8) is 0 Å². The molecule has 3 rings (SSSR count). The van der Waals surface area contributed by atoms with E-state index >= 15 is 0 Å². The zero-order valence-corrected chi connectivity index (χ0v) is 17.3. The largest absolute Gasteiger partial charge is 0.486 e. The van der Waals surface area contributed by atoms with E-state index in [2.05, 4.69) is 22.1 Å². The van der Waals surface area contributed by atoms with Gasteiger partial charge < -0.3 is 14.8 Å². The molecule has 148 valence electrons. The first-order chi connectivity index (χ1) is 14.0. The number of nitrogens with zero attached hydrogens (tertiary/aromatic N) is 1. The quantitative estimate of drug-likeness (QED) is 0.588. The molecule has 2 atom stereocenters. The average molecular weight is 407 g/mol. The van der Waals surface area contributed by atoms with Crippen LogP contribution in [0.5, 0.6) is 16.7 Å². The van der Waals surface area contributed by atoms with Gasteiger partial charge in [0.25, 0.3) is 5.19 Å². The second-order valence-corrected chi connectivity index (χ2v) is 7.42. The van der Waals surface area contributed by atoms with E-state index in [0.29, 0.717) is 10.9 Å². The van der Waals surface area contributed by atoms with Gasteiger partial charge in [0.15, 0.2) is 0 Å². The molecule has 0 aliphatic heterocycles. The Bertz CT molecular complexity index is 1020. The standard InChI is InChI=1S/C23H22N2O3S/c1-16(25-18(3)26)12-13-22-15-24-23(29-22)28-21-11-7-10-20(14-21)27-17(2)19-8-5-4-6-9-19/h4-11,14-17H,1-3H3,(H,25,26). The Hall–Kier alpha value is -3.30. The van der Waals surface area contributed by atoms with Gasteiger partial charge in [0.1, 0.15) is 22.5 Å². The van der Waals surface area contributed by atoms with Gasteiger partial charge >= 0.3 is 0 Å². The Balaban J connectivity index is 1.63. The predicted octanol–water partition coefficient (Wildman–Crippen LogP) is 4.95. The van der Waals surface area contributed by atoms with E-state index in [1.54, 1.807) is 6.20 Å². The van der Waals surface area contributed by atoms with Crippen molar-refractivity contribution >= 4 is 17.2 Å². The molecule has 5 nitrogen and oxygen atoms in total. The molecular weight excluding hydrogens is 384 g/mol. The lowest BCUT2D eigenvalue weighted by Crippen LogP contribution is -2.28. The first kappa shape index (κ1) is 20.4. The highest BCUT2D eigenvalue weighted by Crippen LogP contribution is 2.30. The third-order valence-electron chi connectivity index (χ3n) is 3.91. The molecule has 0 radical (unpaired) electrons. The van der Waals surface area contributed by atoms with Gasteiger partial charge in [0.05, 0.1) is 12.2 Å². The molecule has 3 aromatic rings. The summed E-state index contributed by atoms with van der Waals surface area (Å²) < 4.78 is 11.9. The molecule has 2 unspecified atom stereocenters. The van der Waals surface area contributed by atoms with Gasteiger partial charge in [-0.25, -0.2) is 4.98 Å². The first-order valence-electron chi connectivity index (χ1n) is 9.23. The second kappa shape index (κ2) is 9.76. The lowest BCUT2D eigenvalue weighted by molar-refractivity contribution is -0.119. The molecule has 0 bridgehead atoms. The monoisotopic (exact) mass is 406 g/mol. The van der Waals surface area contributed by atoms with Gasteiger partial charge in [-0.2, -0.15) is 0 Å². The van der Waals surface area contributed by atoms with Crippen molar-refractivity contribution in [2.75, 3.05) is 0 Å². The molecule has 1 heterocycles. The lowest BCUT2D eigenvalue weighted by Gasteiger charge is -2.15. The Morgan fingerprint density at radius 2 is 1.86 bits per heavy atom. The van der Waals surface area contributed by atoms with Crippen molar-refractivity contribution in [1.29, 1.82) is 0 Å². The van der Waals surface area contributed by atoms with Crippen molar-refractivity contribution in [1.82, 2.24) is 10.3 Å². The van der Waals surface area contributed by atoms with E-state index in [1.165, 1.54) is 18.3 Å². The topological polar surface area (TPSA) is 60.5 Å². The van der Waals surface area contributed by atoms with Crippen LogP contribution in [0.2, 0.25) is 0 Å². The molecule has 1 N–H and O–H groups in total. The minimum Gasteiger partial charge on any atom is -0.486 e. The minimum absolute atomic E-state index is 0.0706. The van der Waals surface area contributed by atoms with E-state index in [4.69, 9.17) is 9.47 Å². The van der Waals surface area contributed by atoms with Crippen molar-refractivity contribution in [3.05, 3.63) is 71.2 Å². The summed E-state index contributed by atoms with van der Waals surface area (Å²) in [4.78, 5) is 16.0. The van der Waals surface area contributed by atoms with Gasteiger partial charge in [-0.1, -0.05) is 59.6 Å². The van der Waals surface area contributed by atoms with E-state index in [0.717, 1.165) is 16.2 Å². The number of ether oxygens (including phenoxy) is 2. The number of carbonyl (C=O) groups excluding carboxylic acids is 1. The van der Waals surface area contributed by atoms with Crippen molar-refractivity contribution < 1.29 is 14.3 Å². The summed E-state index contributed by atoms with van der Waals surface area (Å²) >= 11 is 1.34. The molecule has 29 heavy (non-hydrogen) atoms. The summed E-state index contributed by atoms with van der Waals surface area (Å²) in [6.45, 7) is 5.31. The van der Waals surface area contributed by atoms with Gasteiger partial charge in [-0.15, -0.1) is 0 Å². The molecule has 1 amide bonds. The zero-order chi connectivity index (χ0) is 20.6. The number of aromatic nitrogens is 1. The van der Waals surface area contributed by atoms with Crippen LogP contribution in [0.3, 0.4) is 0 Å². The number of hydrogen-bond donors (Lipinski definition) is 1. The smallest absolute Gasteiger partial charge is 0.279 e. The number of benzene rings is 2. The Labute approximate surface area is 174 Å². The summed E-state index contributed by atoms with van der Waals surface area (Å²) in [5.74, 6) is 7.22. The Kier molecular flexibility index (Phi) is 6.88. The molecule has 0 saturated carbocycles. The first-order valence-corrected chi connectivity index (χ1v) is 10.1. The Morgan fingerprint density at radius 1 is 1.10 bits per heavy atom. The van der Waals surface area contributed by atoms with Crippen LogP contribution in [0, 0.1) is 11.8 Å². The third-order valence-corrected chi connectivity index (χ3v) is 4.70. The molecule has 0 aliphatic carbocycles. The summed E-state index contributed by atoms with van der Waals surface area (Å²) in [5, 5.41) is 3.21. The van der Waals surface area contributed by atoms with E-state index in [1.807, 2.05) is 68.4 Å². The van der Waals surface area contributed by atoms with Gasteiger partial charge in [0.2, 0.25) is 5.91 Å². The molecule has 6 heteroatoms. The number of rotatable bonds is 6. The van der Waals surface area contributed by atoms with E-state index in [-0.39, 0.29) is 18.1 Å². The van der Waals surface area contributed by atoms with Crippen LogP contribution >= 0.6 is 11.3 Å². The highest BCUT2D eigenvalue weighted by Gasteiger charge is 2.09. The number of amides is 1. The molecule has 2 aromatic carbocycles. The molecule has 0 aliphatic rings. The van der Waals surface area contributed by atoms with Gasteiger partial charge in [-0.3, -0.25) is 4.79 Å². The van der Waals surface area contributed by atoms with Crippen molar-refractivity contribution in [2.45, 2.75) is 32.9 Å². The molecule has 1 aromatic heterocycles. The van der Waals surface area contributed by atoms with Gasteiger partial charge in [-0.05, 0) is 31.5 Å². The number of carbonyl (C=O) groups is 1. The predicted molar refractivity (Wildman–Crippen MR) is 114 cm³/mol. The maximum Gasteiger partial charge on any atom is 0.279 e. The van der Waals surface area contributed by atoms with Crippen LogP contribution in [-0.4, -0.2) is 16.9 Å². The normalized spacial score (nSPS) is 12.2. The fourth-order valence-corrected chi connectivity index (χ4v) is 3.24. The summed E-state index contributed by atoms with van der Waals surface area (Å²) in [5.41, 5.74) is 1.11. The summed E-state index contributed by atoms with van der Waals surface area (Å²) in [6, 6.07) is 17.3. The van der Waals surface area contributed by atoms with Crippen molar-refractivity contribution in [2.24, 2.45) is 0 Å². The number of nitrogens with one attached hydrogen (secondary N) is 1. The van der Waals surface area contributed by atoms with Crippen molar-refractivity contribution in [3.8, 4) is 28.5 Å². The van der Waals surface area contributed by atoms with E-state index < -0.39 is 0 Å². The SMILES string of the molecule is CC(=O)NC(C)C#Cc1cnc(Oc2cccc(OC(C)c3ccccc3)c2)s1. The van der Waals surface area contributed by atoms with E-state index in [9.17, 15) is 4.79 Å². The second-order valence-electron chi connectivity index (χ2n) is 6.43. The molecule has 0 fully saturated rings. The molecular formula is C23H22N2O3S. The molecule has 0 spiro atoms. The molecule has 0 saturated heterocycles. The highest BCUT2D eigenvalue weighted by atomic mass is 32.1. The van der Waals surface area contributed by atoms with Crippen LogP contribution in [0.1, 0.15) is 37.3 Å². The minimum atomic E-state index is -0.223. The summed E-state index contributed by atoms with van der Waals surface area (Å²) in [6.07, 6.45) is 1.59. The lowest BCUT2D eigenvalue weighted by atomic mass is 10.1. The zero-order valence-electron chi connectivity index (χ0n) is 16.5. The van der Waals surface area contributed by atoms with Gasteiger partial charge in [0, 0.05) is 13.0 Å². The average Bonchev–Trinajstić information content (AvgIpc) is 3.14. The maximum atomic E-state index is 11.0. The van der Waals surface area contributed by atoms with Crippen LogP contribution in [0.15, 0.2) is 60.8 Å². The maximum absolute atomic E-state index is 11.0. The number of thiazole rings is 1. The van der Waals surface area contributed by atoms with Crippen LogP contribution in [-0.2, 0) is 4.79 Å². The number of hydrogen-bond acceptors (Lipinski definition) is 5. The summed E-state index contributed by atoms with van der Waals surface area (Å²) in [7, 11) is 0. The fourth-order valence-electron chi connectivity index (χ4n) is 2.59.